The Balaban J connectivity index is 2.25. The van der Waals surface area contributed by atoms with E-state index in [0.717, 1.165) is 36.1 Å². The van der Waals surface area contributed by atoms with Crippen molar-refractivity contribution in [2.45, 2.75) is 46.0 Å². The Kier molecular flexibility index (Phi) is 7.92. The molecule has 0 unspecified atom stereocenters. The van der Waals surface area contributed by atoms with Crippen molar-refractivity contribution in [3.8, 4) is 0 Å². The second-order valence-electron chi connectivity index (χ2n) is 5.39. The molecule has 0 aliphatic rings. The summed E-state index contributed by atoms with van der Waals surface area (Å²) < 4.78 is 0. The molecule has 1 aromatic rings. The molecule has 0 saturated heterocycles. The van der Waals surface area contributed by atoms with E-state index in [2.05, 4.69) is 5.32 Å². The van der Waals surface area contributed by atoms with Gasteiger partial charge in [0.2, 0.25) is 11.8 Å². The number of carbonyl (C=O) groups is 2. The van der Waals surface area contributed by atoms with Crippen LogP contribution in [0.1, 0.15) is 46.0 Å². The van der Waals surface area contributed by atoms with Gasteiger partial charge in [-0.05, 0) is 45.2 Å². The van der Waals surface area contributed by atoms with Gasteiger partial charge in [-0.1, -0.05) is 29.3 Å². The molecule has 0 spiro atoms. The lowest BCUT2D eigenvalue weighted by atomic mass is 10.0. The number of rotatable bonds is 8. The molecule has 22 heavy (non-hydrogen) atoms. The summed E-state index contributed by atoms with van der Waals surface area (Å²) in [6, 6.07) is 9.40. The number of benzene rings is 1. The van der Waals surface area contributed by atoms with Gasteiger partial charge in [-0.25, -0.2) is 5.48 Å². The zero-order valence-electron chi connectivity index (χ0n) is 13.2. The van der Waals surface area contributed by atoms with E-state index in [9.17, 15) is 9.59 Å². The standard InChI is InChI=1S/C17H24N2O3/c1-13(14(2)12-17(21)19-22)8-6-7-11-16(20)18-15-9-4-3-5-10-15/h3-5,9-10,22H,6-8,11-12H2,1-2H3,(H,18,20)(H,19,21)/b14-13-. The first kappa shape index (κ1) is 17.9. The monoisotopic (exact) mass is 304 g/mol. The van der Waals surface area contributed by atoms with Crippen LogP contribution in [0.5, 0.6) is 0 Å². The molecule has 0 fully saturated rings. The maximum absolute atomic E-state index is 11.8. The van der Waals surface area contributed by atoms with Crippen molar-refractivity contribution in [2.75, 3.05) is 5.32 Å². The van der Waals surface area contributed by atoms with E-state index in [1.165, 1.54) is 0 Å². The summed E-state index contributed by atoms with van der Waals surface area (Å²) in [5.74, 6) is -0.386. The predicted molar refractivity (Wildman–Crippen MR) is 86.5 cm³/mol. The van der Waals surface area contributed by atoms with E-state index in [-0.39, 0.29) is 12.3 Å². The van der Waals surface area contributed by atoms with Crippen molar-refractivity contribution in [3.05, 3.63) is 41.5 Å². The van der Waals surface area contributed by atoms with Crippen LogP contribution in [0.4, 0.5) is 5.69 Å². The number of amides is 2. The van der Waals surface area contributed by atoms with E-state index in [1.54, 1.807) is 5.48 Å². The van der Waals surface area contributed by atoms with Crippen molar-refractivity contribution in [1.29, 1.82) is 0 Å². The van der Waals surface area contributed by atoms with E-state index >= 15 is 0 Å². The number of nitrogens with one attached hydrogen (secondary N) is 2. The van der Waals surface area contributed by atoms with Crippen LogP contribution < -0.4 is 10.8 Å². The smallest absolute Gasteiger partial charge is 0.247 e. The number of unbranched alkanes of at least 4 members (excludes halogenated alkanes) is 1. The first-order valence-corrected chi connectivity index (χ1v) is 7.46. The number of hydrogen-bond donors (Lipinski definition) is 3. The molecule has 1 aromatic carbocycles. The number of hydrogen-bond acceptors (Lipinski definition) is 3. The molecule has 1 rings (SSSR count). The minimum absolute atomic E-state index is 0.0178. The first-order chi connectivity index (χ1) is 10.5. The van der Waals surface area contributed by atoms with Crippen LogP contribution >= 0.6 is 0 Å². The van der Waals surface area contributed by atoms with Gasteiger partial charge in [-0.3, -0.25) is 14.8 Å². The quantitative estimate of drug-likeness (QED) is 0.298. The Bertz CT molecular complexity index is 524. The van der Waals surface area contributed by atoms with Gasteiger partial charge in [-0.2, -0.15) is 0 Å². The summed E-state index contributed by atoms with van der Waals surface area (Å²) in [5.41, 5.74) is 4.53. The molecule has 0 saturated carbocycles. The SMILES string of the molecule is C/C(CCCCC(=O)Nc1ccccc1)=C(\C)CC(=O)NO. The van der Waals surface area contributed by atoms with E-state index < -0.39 is 5.91 Å². The predicted octanol–water partition coefficient (Wildman–Crippen LogP) is 3.42. The van der Waals surface area contributed by atoms with Gasteiger partial charge >= 0.3 is 0 Å². The lowest BCUT2D eigenvalue weighted by Gasteiger charge is -2.08. The fraction of sp³-hybridized carbons (Fsp3) is 0.412. The molecule has 3 N–H and O–H groups in total. The minimum atomic E-state index is -0.404. The van der Waals surface area contributed by atoms with Gasteiger partial charge < -0.3 is 5.32 Å². The van der Waals surface area contributed by atoms with Crippen molar-refractivity contribution in [3.63, 3.8) is 0 Å². The van der Waals surface area contributed by atoms with Crippen LogP contribution in [-0.2, 0) is 9.59 Å². The third kappa shape index (κ3) is 7.04. The summed E-state index contributed by atoms with van der Waals surface area (Å²) in [6.45, 7) is 3.86. The lowest BCUT2D eigenvalue weighted by Crippen LogP contribution is -2.18. The molecule has 0 atom stereocenters. The number of carbonyl (C=O) groups excluding carboxylic acids is 2. The van der Waals surface area contributed by atoms with Crippen molar-refractivity contribution < 1.29 is 14.8 Å². The topological polar surface area (TPSA) is 78.4 Å². The van der Waals surface area contributed by atoms with Crippen LogP contribution in [0.3, 0.4) is 0 Å². The first-order valence-electron chi connectivity index (χ1n) is 7.46. The van der Waals surface area contributed by atoms with Crippen molar-refractivity contribution in [1.82, 2.24) is 5.48 Å². The second-order valence-corrected chi connectivity index (χ2v) is 5.39. The normalized spacial score (nSPS) is 11.6. The number of allylic oxidation sites excluding steroid dienone is 1. The molecule has 0 aliphatic carbocycles. The molecule has 120 valence electrons. The molecule has 2 amide bonds. The summed E-state index contributed by atoms with van der Waals surface area (Å²) in [6.07, 6.45) is 3.24. The van der Waals surface area contributed by atoms with Crippen LogP contribution in [0.25, 0.3) is 0 Å². The second kappa shape index (κ2) is 9.73. The number of hydroxylamine groups is 1. The summed E-state index contributed by atoms with van der Waals surface area (Å²) in [5, 5.41) is 11.4. The highest BCUT2D eigenvalue weighted by Gasteiger charge is 2.05. The zero-order chi connectivity index (χ0) is 16.4. The number of para-hydroxylation sites is 1. The highest BCUT2D eigenvalue weighted by molar-refractivity contribution is 5.90. The van der Waals surface area contributed by atoms with E-state index in [4.69, 9.17) is 5.21 Å². The number of anilines is 1. The summed E-state index contributed by atoms with van der Waals surface area (Å²) >= 11 is 0. The van der Waals surface area contributed by atoms with E-state index in [1.807, 2.05) is 44.2 Å². The molecule has 0 aromatic heterocycles. The van der Waals surface area contributed by atoms with Crippen LogP contribution in [0, 0.1) is 0 Å². The molecule has 0 aliphatic heterocycles. The molecule has 0 bridgehead atoms. The fourth-order valence-electron chi connectivity index (χ4n) is 2.07. The lowest BCUT2D eigenvalue weighted by molar-refractivity contribution is -0.128. The van der Waals surface area contributed by atoms with Gasteiger partial charge in [-0.15, -0.1) is 0 Å². The largest absolute Gasteiger partial charge is 0.326 e. The summed E-state index contributed by atoms with van der Waals surface area (Å²) in [7, 11) is 0. The van der Waals surface area contributed by atoms with Crippen LogP contribution in [0.2, 0.25) is 0 Å². The van der Waals surface area contributed by atoms with Crippen LogP contribution in [-0.4, -0.2) is 17.0 Å². The fourth-order valence-corrected chi connectivity index (χ4v) is 2.07. The molecular weight excluding hydrogens is 280 g/mol. The Morgan fingerprint density at radius 2 is 1.59 bits per heavy atom. The maximum Gasteiger partial charge on any atom is 0.247 e. The summed E-state index contributed by atoms with van der Waals surface area (Å²) in [4.78, 5) is 22.8. The molecule has 0 heterocycles. The van der Waals surface area contributed by atoms with Crippen molar-refractivity contribution in [2.24, 2.45) is 0 Å². The van der Waals surface area contributed by atoms with Gasteiger partial charge in [0.15, 0.2) is 0 Å². The van der Waals surface area contributed by atoms with Gasteiger partial charge in [0, 0.05) is 18.5 Å². The molecule has 5 nitrogen and oxygen atoms in total. The van der Waals surface area contributed by atoms with Crippen molar-refractivity contribution >= 4 is 17.5 Å². The molecule has 0 radical (unpaired) electrons. The zero-order valence-corrected chi connectivity index (χ0v) is 13.2. The third-order valence-electron chi connectivity index (χ3n) is 3.54. The maximum atomic E-state index is 11.8. The average molecular weight is 304 g/mol. The average Bonchev–Trinajstić information content (AvgIpc) is 2.52. The minimum Gasteiger partial charge on any atom is -0.326 e. The third-order valence-corrected chi connectivity index (χ3v) is 3.54. The van der Waals surface area contributed by atoms with Gasteiger partial charge in [0.05, 0.1) is 0 Å². The van der Waals surface area contributed by atoms with E-state index in [0.29, 0.717) is 6.42 Å². The molecule has 5 heteroatoms. The Hall–Kier alpha value is -2.14. The highest BCUT2D eigenvalue weighted by atomic mass is 16.5. The van der Waals surface area contributed by atoms with Crippen LogP contribution in [0.15, 0.2) is 41.5 Å². The Morgan fingerprint density at radius 1 is 0.955 bits per heavy atom. The Morgan fingerprint density at radius 3 is 2.23 bits per heavy atom. The van der Waals surface area contributed by atoms with Gasteiger partial charge in [0.1, 0.15) is 0 Å². The van der Waals surface area contributed by atoms with Gasteiger partial charge in [0.25, 0.3) is 0 Å². The highest BCUT2D eigenvalue weighted by Crippen LogP contribution is 2.15. The Labute approximate surface area is 131 Å². The molecular formula is C17H24N2O3.